The number of aryl methyl sites for hydroxylation is 4. The average Bonchev–Trinajstić information content (AvgIpc) is 3.06. The molecule has 260 valence electrons. The minimum atomic E-state index is 0. The molecule has 4 nitrogen and oxygen atoms in total. The Hall–Kier alpha value is -3.12. The molecule has 0 radical (unpaired) electrons. The smallest absolute Gasteiger partial charge is 0.0448 e. The molecule has 0 amide bonds. The first kappa shape index (κ1) is 40.3. The topological polar surface area (TPSA) is 32.3 Å². The summed E-state index contributed by atoms with van der Waals surface area (Å²) in [5, 5.41) is 0.763. The maximum absolute atomic E-state index is 6.32. The van der Waals surface area contributed by atoms with Gasteiger partial charge in [-0.25, -0.2) is 0 Å². The highest BCUT2D eigenvalue weighted by Gasteiger charge is 2.26. The highest BCUT2D eigenvalue weighted by molar-refractivity contribution is 6.30. The van der Waals surface area contributed by atoms with Gasteiger partial charge in [-0.3, -0.25) is 14.9 Å². The van der Waals surface area contributed by atoms with Crippen molar-refractivity contribution in [2.75, 3.05) is 18.0 Å². The first-order chi connectivity index (χ1) is 22.1. The van der Waals surface area contributed by atoms with Crippen LogP contribution in [-0.2, 0) is 13.1 Å². The van der Waals surface area contributed by atoms with Gasteiger partial charge >= 0.3 is 0 Å². The van der Waals surface area contributed by atoms with E-state index in [0.29, 0.717) is 6.04 Å². The Morgan fingerprint density at radius 2 is 1.06 bits per heavy atom. The standard InChI is InChI=1S/C41H45ClN4.3ClH/c1-27-15-35(16-28(2)31(27)5)37-19-33(21-43-23-37)25-45-13-11-41(12-14-45)46(40-9-7-39(42)8-10-40)26-34-20-38(24-44-22-34)36-17-29(3)32(6)30(4)18-36;;;/h7-10,15-24,41H,11-14,25-26H2,1-6H3;3*1H. The Labute approximate surface area is 316 Å². The number of hydrogen-bond acceptors (Lipinski definition) is 4. The van der Waals surface area contributed by atoms with Crippen LogP contribution in [0.2, 0.25) is 5.02 Å². The summed E-state index contributed by atoms with van der Waals surface area (Å²) in [5.74, 6) is 0. The highest BCUT2D eigenvalue weighted by Crippen LogP contribution is 2.31. The fraction of sp³-hybridized carbons (Fsp3) is 0.317. The van der Waals surface area contributed by atoms with Gasteiger partial charge in [0.25, 0.3) is 0 Å². The van der Waals surface area contributed by atoms with Gasteiger partial charge in [0.1, 0.15) is 0 Å². The number of pyridine rings is 2. The molecule has 1 aliphatic heterocycles. The Kier molecular flexibility index (Phi) is 14.6. The van der Waals surface area contributed by atoms with Crippen LogP contribution in [-0.4, -0.2) is 34.0 Å². The Morgan fingerprint density at radius 3 is 1.55 bits per heavy atom. The van der Waals surface area contributed by atoms with Crippen molar-refractivity contribution in [1.29, 1.82) is 0 Å². The number of halogens is 4. The van der Waals surface area contributed by atoms with Crippen LogP contribution in [0.3, 0.4) is 0 Å². The second-order valence-electron chi connectivity index (χ2n) is 13.2. The van der Waals surface area contributed by atoms with E-state index in [2.05, 4.69) is 110 Å². The summed E-state index contributed by atoms with van der Waals surface area (Å²) in [6, 6.07) is 22.5. The summed E-state index contributed by atoms with van der Waals surface area (Å²) in [6.07, 6.45) is 10.2. The van der Waals surface area contributed by atoms with Crippen LogP contribution < -0.4 is 4.90 Å². The van der Waals surface area contributed by atoms with E-state index >= 15 is 0 Å². The Balaban J connectivity index is 0.00000217. The third-order valence-electron chi connectivity index (χ3n) is 10.0. The first-order valence-electron chi connectivity index (χ1n) is 16.4. The lowest BCUT2D eigenvalue weighted by atomic mass is 9.96. The van der Waals surface area contributed by atoms with Crippen molar-refractivity contribution in [3.05, 3.63) is 135 Å². The largest absolute Gasteiger partial charge is 0.364 e. The van der Waals surface area contributed by atoms with Crippen molar-refractivity contribution < 1.29 is 0 Å². The number of likely N-dealkylation sites (tertiary alicyclic amines) is 1. The van der Waals surface area contributed by atoms with Crippen molar-refractivity contribution in [3.8, 4) is 22.3 Å². The van der Waals surface area contributed by atoms with Gasteiger partial charge in [0.2, 0.25) is 0 Å². The number of nitrogens with zero attached hydrogens (tertiary/aromatic N) is 4. The Bertz CT molecular complexity index is 1800. The average molecular weight is 739 g/mol. The predicted molar refractivity (Wildman–Crippen MR) is 215 cm³/mol. The van der Waals surface area contributed by atoms with Crippen molar-refractivity contribution in [2.45, 2.75) is 73.5 Å². The quantitative estimate of drug-likeness (QED) is 0.159. The van der Waals surface area contributed by atoms with Gasteiger partial charge in [-0.05, 0) is 146 Å². The van der Waals surface area contributed by atoms with Crippen LogP contribution >= 0.6 is 48.8 Å². The summed E-state index contributed by atoms with van der Waals surface area (Å²) < 4.78 is 0. The van der Waals surface area contributed by atoms with Crippen LogP contribution in [0.15, 0.2) is 85.5 Å². The van der Waals surface area contributed by atoms with Gasteiger partial charge in [0.15, 0.2) is 0 Å². The number of aromatic nitrogens is 2. The summed E-state index contributed by atoms with van der Waals surface area (Å²) in [4.78, 5) is 14.5. The third kappa shape index (κ3) is 9.57. The summed E-state index contributed by atoms with van der Waals surface area (Å²) in [6.45, 7) is 17.0. The van der Waals surface area contributed by atoms with Gasteiger partial charge in [0.05, 0.1) is 0 Å². The molecule has 0 spiro atoms. The fourth-order valence-corrected chi connectivity index (χ4v) is 6.90. The monoisotopic (exact) mass is 736 g/mol. The zero-order valence-corrected chi connectivity index (χ0v) is 32.5. The van der Waals surface area contributed by atoms with Crippen LogP contribution in [0.4, 0.5) is 5.69 Å². The molecule has 0 saturated carbocycles. The van der Waals surface area contributed by atoms with E-state index in [9.17, 15) is 0 Å². The van der Waals surface area contributed by atoms with E-state index in [0.717, 1.165) is 44.0 Å². The minimum absolute atomic E-state index is 0. The van der Waals surface area contributed by atoms with E-state index < -0.39 is 0 Å². The fourth-order valence-electron chi connectivity index (χ4n) is 6.78. The minimum Gasteiger partial charge on any atom is -0.364 e. The lowest BCUT2D eigenvalue weighted by molar-refractivity contribution is 0.200. The highest BCUT2D eigenvalue weighted by atomic mass is 35.5. The molecule has 5 aromatic rings. The number of benzene rings is 3. The summed E-state index contributed by atoms with van der Waals surface area (Å²) >= 11 is 6.32. The molecular formula is C41H48Cl4N4. The molecule has 49 heavy (non-hydrogen) atoms. The van der Waals surface area contributed by atoms with Gasteiger partial charge in [0, 0.05) is 78.8 Å². The number of rotatable bonds is 8. The van der Waals surface area contributed by atoms with Crippen LogP contribution in [0, 0.1) is 41.5 Å². The molecule has 1 aliphatic rings. The molecule has 0 atom stereocenters. The van der Waals surface area contributed by atoms with Gasteiger partial charge < -0.3 is 4.90 Å². The molecule has 1 saturated heterocycles. The summed E-state index contributed by atoms with van der Waals surface area (Å²) in [7, 11) is 0. The van der Waals surface area contributed by atoms with Crippen LogP contribution in [0.5, 0.6) is 0 Å². The van der Waals surface area contributed by atoms with Crippen LogP contribution in [0.25, 0.3) is 22.3 Å². The molecule has 3 heterocycles. The Morgan fingerprint density at radius 1 is 0.612 bits per heavy atom. The van der Waals surface area contributed by atoms with E-state index in [1.54, 1.807) is 0 Å². The maximum atomic E-state index is 6.32. The number of piperidine rings is 1. The lowest BCUT2D eigenvalue weighted by Crippen LogP contribution is -2.44. The molecule has 2 aromatic heterocycles. The summed E-state index contributed by atoms with van der Waals surface area (Å²) in [5.41, 5.74) is 16.5. The third-order valence-corrected chi connectivity index (χ3v) is 10.3. The van der Waals surface area contributed by atoms with Crippen LogP contribution in [0.1, 0.15) is 57.3 Å². The van der Waals surface area contributed by atoms with Gasteiger partial charge in [-0.1, -0.05) is 35.9 Å². The molecule has 6 rings (SSSR count). The molecule has 3 aromatic carbocycles. The van der Waals surface area contributed by atoms with E-state index in [4.69, 9.17) is 11.6 Å². The maximum Gasteiger partial charge on any atom is 0.0448 e. The lowest BCUT2D eigenvalue weighted by Gasteiger charge is -2.40. The molecule has 1 fully saturated rings. The SMILES string of the molecule is Cc1cc(-c2cncc(CN3CCC(N(Cc4cncc(-c5cc(C)c(C)c(C)c5)c4)c4ccc(Cl)cc4)CC3)c2)cc(C)c1C.Cl.Cl.Cl. The zero-order chi connectivity index (χ0) is 32.4. The molecule has 0 aliphatic carbocycles. The van der Waals surface area contributed by atoms with Gasteiger partial charge in [-0.15, -0.1) is 37.2 Å². The van der Waals surface area contributed by atoms with E-state index in [1.807, 2.05) is 36.9 Å². The van der Waals surface area contributed by atoms with E-state index in [-0.39, 0.29) is 37.2 Å². The molecule has 0 bridgehead atoms. The van der Waals surface area contributed by atoms with Crippen molar-refractivity contribution >= 4 is 54.5 Å². The molecular weight excluding hydrogens is 690 g/mol. The van der Waals surface area contributed by atoms with Crippen molar-refractivity contribution in [2.24, 2.45) is 0 Å². The first-order valence-corrected chi connectivity index (χ1v) is 16.8. The number of anilines is 1. The van der Waals surface area contributed by atoms with Crippen molar-refractivity contribution in [3.63, 3.8) is 0 Å². The molecule has 0 N–H and O–H groups in total. The predicted octanol–water partition coefficient (Wildman–Crippen LogP) is 11.3. The van der Waals surface area contributed by atoms with E-state index in [1.165, 1.54) is 72.4 Å². The zero-order valence-electron chi connectivity index (χ0n) is 29.3. The number of hydrogen-bond donors (Lipinski definition) is 0. The normalized spacial score (nSPS) is 13.2. The molecule has 0 unspecified atom stereocenters. The van der Waals surface area contributed by atoms with Crippen molar-refractivity contribution in [1.82, 2.24) is 14.9 Å². The second-order valence-corrected chi connectivity index (χ2v) is 13.7. The van der Waals surface area contributed by atoms with Gasteiger partial charge in [-0.2, -0.15) is 0 Å². The second kappa shape index (κ2) is 17.7. The molecule has 8 heteroatoms.